The number of allylic oxidation sites excluding steroid dienone is 7. The van der Waals surface area contributed by atoms with Crippen LogP contribution in [0.3, 0.4) is 0 Å². The van der Waals surface area contributed by atoms with Gasteiger partial charge in [0.25, 0.3) is 5.70 Å². The topological polar surface area (TPSA) is 81.9 Å². The summed E-state index contributed by atoms with van der Waals surface area (Å²) in [4.78, 5) is 25.0. The zero-order valence-corrected chi connectivity index (χ0v) is 18.8. The number of hydrogen-bond acceptors (Lipinski definition) is 6. The first-order chi connectivity index (χ1) is 15.9. The maximum Gasteiger partial charge on any atom is 0.416 e. The summed E-state index contributed by atoms with van der Waals surface area (Å²) in [5.74, 6) is 0.165. The monoisotopic (exact) mass is 474 g/mol. The van der Waals surface area contributed by atoms with Gasteiger partial charge in [-0.1, -0.05) is 0 Å². The van der Waals surface area contributed by atoms with E-state index in [-0.39, 0.29) is 22.7 Å². The molecule has 2 aliphatic heterocycles. The molecule has 0 bridgehead atoms. The van der Waals surface area contributed by atoms with E-state index in [0.717, 1.165) is 35.9 Å². The number of nitro groups is 1. The summed E-state index contributed by atoms with van der Waals surface area (Å²) < 4.78 is 52.6. The van der Waals surface area contributed by atoms with E-state index in [4.69, 9.17) is 9.47 Å². The Balaban J connectivity index is 2.05. The predicted octanol–water partition coefficient (Wildman–Crippen LogP) is 4.74. The molecule has 0 saturated carbocycles. The Morgan fingerprint density at radius 1 is 1.06 bits per heavy atom. The second-order valence-electron chi connectivity index (χ2n) is 8.64. The van der Waals surface area contributed by atoms with Crippen molar-refractivity contribution in [3.05, 3.63) is 86.3 Å². The van der Waals surface area contributed by atoms with Gasteiger partial charge < -0.3 is 14.4 Å². The van der Waals surface area contributed by atoms with Gasteiger partial charge in [-0.05, 0) is 56.2 Å². The number of alkyl halides is 3. The van der Waals surface area contributed by atoms with Crippen LogP contribution in [-0.4, -0.2) is 41.5 Å². The van der Waals surface area contributed by atoms with Crippen LogP contribution in [0, 0.1) is 10.1 Å². The van der Waals surface area contributed by atoms with Crippen molar-refractivity contribution in [1.82, 2.24) is 4.90 Å². The molecule has 0 saturated heterocycles. The molecule has 0 fully saturated rings. The van der Waals surface area contributed by atoms with Crippen LogP contribution in [0.2, 0.25) is 0 Å². The maximum absolute atomic E-state index is 14.0. The van der Waals surface area contributed by atoms with Gasteiger partial charge in [-0.25, -0.2) is 0 Å². The highest BCUT2D eigenvalue weighted by atomic mass is 19.4. The zero-order valence-electron chi connectivity index (χ0n) is 18.8. The Labute approximate surface area is 193 Å². The number of nitrogens with zero attached hydrogens (tertiary/aromatic N) is 2. The fraction of sp³-hybridized carbons (Fsp3) is 0.292. The molecule has 34 heavy (non-hydrogen) atoms. The lowest BCUT2D eigenvalue weighted by Crippen LogP contribution is -2.48. The highest BCUT2D eigenvalue weighted by molar-refractivity contribution is 6.08. The second-order valence-corrected chi connectivity index (χ2v) is 8.64. The van der Waals surface area contributed by atoms with Crippen LogP contribution < -0.4 is 9.47 Å². The molecule has 7 nitrogen and oxygen atoms in total. The maximum atomic E-state index is 14.0. The third kappa shape index (κ3) is 3.78. The van der Waals surface area contributed by atoms with Crippen molar-refractivity contribution in [2.45, 2.75) is 32.0 Å². The molecule has 4 rings (SSSR count). The Morgan fingerprint density at radius 2 is 1.71 bits per heavy atom. The average molecular weight is 474 g/mol. The van der Waals surface area contributed by atoms with Crippen LogP contribution in [0.5, 0.6) is 11.5 Å². The molecule has 0 N–H and O–H groups in total. The van der Waals surface area contributed by atoms with Gasteiger partial charge in [-0.2, -0.15) is 13.2 Å². The Morgan fingerprint density at radius 3 is 2.29 bits per heavy atom. The molecule has 178 valence electrons. The highest BCUT2D eigenvalue weighted by Gasteiger charge is 2.44. The number of benzene rings is 1. The van der Waals surface area contributed by atoms with E-state index < -0.39 is 28.0 Å². The molecule has 0 amide bonds. The number of ether oxygens (including phenoxy) is 2. The van der Waals surface area contributed by atoms with Gasteiger partial charge in [0, 0.05) is 29.0 Å². The Hall–Kier alpha value is -3.82. The van der Waals surface area contributed by atoms with Crippen LogP contribution >= 0.6 is 0 Å². The highest BCUT2D eigenvalue weighted by Crippen LogP contribution is 2.49. The minimum atomic E-state index is -4.72. The lowest BCUT2D eigenvalue weighted by atomic mass is 9.80. The molecule has 1 aliphatic carbocycles. The third-order valence-corrected chi connectivity index (χ3v) is 5.96. The molecule has 10 heteroatoms. The first kappa shape index (κ1) is 23.3. The molecular weight excluding hydrogens is 453 g/mol. The summed E-state index contributed by atoms with van der Waals surface area (Å²) in [5, 5.41) is 11.3. The zero-order chi connectivity index (χ0) is 25.0. The number of fused-ring (bicyclic) bond motifs is 3. The van der Waals surface area contributed by atoms with E-state index in [0.29, 0.717) is 23.5 Å². The SMILES string of the molecule is COc1cc2c(cc1OC)C1=CC(C(F)(F)F)=CC(=C3C=C([N+](=O)[O-])C=CC3=O)N1C(C)(C)C2. The lowest BCUT2D eigenvalue weighted by Gasteiger charge is -2.49. The molecular formula is C24H21F3N2O5. The average Bonchev–Trinajstić information content (AvgIpc) is 2.76. The van der Waals surface area contributed by atoms with Gasteiger partial charge in [-0.15, -0.1) is 0 Å². The first-order valence-electron chi connectivity index (χ1n) is 10.3. The first-order valence-corrected chi connectivity index (χ1v) is 10.3. The number of methoxy groups -OCH3 is 2. The van der Waals surface area contributed by atoms with Gasteiger partial charge in [0.1, 0.15) is 0 Å². The summed E-state index contributed by atoms with van der Waals surface area (Å²) in [5.41, 5.74) is -0.930. The van der Waals surface area contributed by atoms with Crippen molar-refractivity contribution >= 4 is 11.5 Å². The summed E-state index contributed by atoms with van der Waals surface area (Å²) in [6.45, 7) is 3.66. The molecule has 0 radical (unpaired) electrons. The van der Waals surface area contributed by atoms with Crippen molar-refractivity contribution in [3.63, 3.8) is 0 Å². The lowest BCUT2D eigenvalue weighted by molar-refractivity contribution is -0.419. The van der Waals surface area contributed by atoms with E-state index in [9.17, 15) is 28.1 Å². The van der Waals surface area contributed by atoms with E-state index in [1.165, 1.54) is 14.2 Å². The number of hydrogen-bond donors (Lipinski definition) is 0. The van der Waals surface area contributed by atoms with Crippen molar-refractivity contribution in [2.24, 2.45) is 0 Å². The molecule has 0 atom stereocenters. The molecule has 0 unspecified atom stereocenters. The fourth-order valence-corrected chi connectivity index (χ4v) is 4.49. The number of rotatable bonds is 3. The van der Waals surface area contributed by atoms with Gasteiger partial charge in [-0.3, -0.25) is 14.9 Å². The van der Waals surface area contributed by atoms with Crippen molar-refractivity contribution in [2.75, 3.05) is 14.2 Å². The number of carbonyl (C=O) groups excluding carboxylic acids is 1. The van der Waals surface area contributed by atoms with E-state index >= 15 is 0 Å². The Bertz CT molecular complexity index is 1270. The third-order valence-electron chi connectivity index (χ3n) is 5.96. The van der Waals surface area contributed by atoms with Gasteiger partial charge >= 0.3 is 6.18 Å². The summed E-state index contributed by atoms with van der Waals surface area (Å²) >= 11 is 0. The van der Waals surface area contributed by atoms with Crippen LogP contribution in [-0.2, 0) is 11.2 Å². The number of carbonyl (C=O) groups is 1. The molecule has 0 aromatic heterocycles. The van der Waals surface area contributed by atoms with E-state index in [2.05, 4.69) is 0 Å². The fourth-order valence-electron chi connectivity index (χ4n) is 4.49. The quantitative estimate of drug-likeness (QED) is 0.358. The largest absolute Gasteiger partial charge is 0.493 e. The van der Waals surface area contributed by atoms with E-state index in [1.54, 1.807) is 17.0 Å². The molecule has 1 aromatic carbocycles. The number of halogens is 3. The molecule has 2 heterocycles. The van der Waals surface area contributed by atoms with E-state index in [1.807, 2.05) is 13.8 Å². The predicted molar refractivity (Wildman–Crippen MR) is 118 cm³/mol. The van der Waals surface area contributed by atoms with Crippen LogP contribution in [0.25, 0.3) is 5.70 Å². The summed E-state index contributed by atoms with van der Waals surface area (Å²) in [6, 6.07) is 3.33. The van der Waals surface area contributed by atoms with Crippen LogP contribution in [0.4, 0.5) is 13.2 Å². The van der Waals surface area contributed by atoms with Crippen LogP contribution in [0.15, 0.2) is 65.1 Å². The standard InChI is InChI=1S/C24H21F3N2O5/c1-23(2)12-13-7-21(33-3)22(34-4)11-16(13)18-8-14(24(25,26)27)9-19(28(18)23)17-10-15(29(31)32)5-6-20(17)30/h5-11H,12H2,1-4H3. The normalized spacial score (nSPS) is 21.2. The van der Waals surface area contributed by atoms with Crippen molar-refractivity contribution in [1.29, 1.82) is 0 Å². The van der Waals surface area contributed by atoms with Crippen molar-refractivity contribution < 1.29 is 32.4 Å². The van der Waals surface area contributed by atoms with Gasteiger partial charge in [0.15, 0.2) is 17.3 Å². The van der Waals surface area contributed by atoms with Gasteiger partial charge in [0.05, 0.1) is 36.0 Å². The molecule has 0 spiro atoms. The number of ketones is 1. The minimum Gasteiger partial charge on any atom is -0.493 e. The van der Waals surface area contributed by atoms with Gasteiger partial charge in [0.2, 0.25) is 0 Å². The minimum absolute atomic E-state index is 0.0519. The van der Waals surface area contributed by atoms with Crippen LogP contribution in [0.1, 0.15) is 25.0 Å². The summed E-state index contributed by atoms with van der Waals surface area (Å²) in [6.07, 6.45) is 0.639. The second kappa shape index (κ2) is 7.89. The van der Waals surface area contributed by atoms with Crippen molar-refractivity contribution in [3.8, 4) is 11.5 Å². The molecule has 3 aliphatic rings. The smallest absolute Gasteiger partial charge is 0.416 e. The Kier molecular flexibility index (Phi) is 5.42. The summed E-state index contributed by atoms with van der Waals surface area (Å²) in [7, 11) is 2.90. The molecule has 1 aromatic rings.